The number of rotatable bonds is 8. The van der Waals surface area contributed by atoms with Crippen LogP contribution in [0.5, 0.6) is 0 Å². The number of hydrogen-bond acceptors (Lipinski definition) is 3. The minimum atomic E-state index is -0.953. The van der Waals surface area contributed by atoms with E-state index in [1.54, 1.807) is 22.8 Å². The summed E-state index contributed by atoms with van der Waals surface area (Å²) >= 11 is 0. The van der Waals surface area contributed by atoms with Crippen molar-refractivity contribution in [2.75, 3.05) is 0 Å². The predicted octanol–water partition coefficient (Wildman–Crippen LogP) is 4.46. The number of benzene rings is 3. The minimum Gasteiger partial charge on any atom is -0.478 e. The number of aromatic nitrogens is 3. The van der Waals surface area contributed by atoms with E-state index in [4.69, 9.17) is 0 Å². The zero-order valence-corrected chi connectivity index (χ0v) is 17.9. The van der Waals surface area contributed by atoms with Gasteiger partial charge < -0.3 is 5.11 Å². The second-order valence-corrected chi connectivity index (χ2v) is 7.73. The van der Waals surface area contributed by atoms with E-state index in [2.05, 4.69) is 12.0 Å². The quantitative estimate of drug-likeness (QED) is 0.450. The van der Waals surface area contributed by atoms with E-state index < -0.39 is 5.97 Å². The SMILES string of the molecule is CCCc1nn(Cc2ccccc2)c(=O)n1Cc1ccc(-c2ccccc2C(=O)O)cc1. The second-order valence-electron chi connectivity index (χ2n) is 7.73. The van der Waals surface area contributed by atoms with Crippen LogP contribution in [0.4, 0.5) is 0 Å². The normalized spacial score (nSPS) is 10.9. The topological polar surface area (TPSA) is 77.1 Å². The fourth-order valence-electron chi connectivity index (χ4n) is 3.81. The average molecular weight is 428 g/mol. The molecule has 0 aliphatic heterocycles. The van der Waals surface area contributed by atoms with Gasteiger partial charge >= 0.3 is 11.7 Å². The van der Waals surface area contributed by atoms with Crippen molar-refractivity contribution < 1.29 is 9.90 Å². The van der Waals surface area contributed by atoms with E-state index in [0.717, 1.165) is 35.4 Å². The molecule has 1 heterocycles. The molecule has 0 fully saturated rings. The Morgan fingerprint density at radius 1 is 0.875 bits per heavy atom. The Kier molecular flexibility index (Phi) is 6.31. The largest absolute Gasteiger partial charge is 0.478 e. The average Bonchev–Trinajstić information content (AvgIpc) is 3.09. The Balaban J connectivity index is 1.61. The molecule has 0 saturated carbocycles. The molecule has 6 heteroatoms. The Hall–Kier alpha value is -3.93. The van der Waals surface area contributed by atoms with Crippen molar-refractivity contribution in [2.45, 2.75) is 32.9 Å². The van der Waals surface area contributed by atoms with Gasteiger partial charge in [-0.05, 0) is 34.7 Å². The van der Waals surface area contributed by atoms with Crippen LogP contribution in [-0.4, -0.2) is 25.4 Å². The molecule has 0 amide bonds. The van der Waals surface area contributed by atoms with Gasteiger partial charge in [-0.15, -0.1) is 0 Å². The Labute approximate surface area is 186 Å². The molecule has 162 valence electrons. The lowest BCUT2D eigenvalue weighted by atomic mass is 9.99. The molecule has 0 bridgehead atoms. The van der Waals surface area contributed by atoms with Crippen LogP contribution in [0.1, 0.15) is 40.7 Å². The first-order chi connectivity index (χ1) is 15.6. The monoisotopic (exact) mass is 427 g/mol. The van der Waals surface area contributed by atoms with E-state index >= 15 is 0 Å². The molecule has 6 nitrogen and oxygen atoms in total. The maximum atomic E-state index is 13.1. The van der Waals surface area contributed by atoms with Gasteiger partial charge in [0.1, 0.15) is 5.82 Å². The Morgan fingerprint density at radius 3 is 2.22 bits per heavy atom. The minimum absolute atomic E-state index is 0.127. The Bertz CT molecular complexity index is 1270. The van der Waals surface area contributed by atoms with Crippen LogP contribution >= 0.6 is 0 Å². The third-order valence-corrected chi connectivity index (χ3v) is 5.41. The summed E-state index contributed by atoms with van der Waals surface area (Å²) in [6.07, 6.45) is 1.62. The van der Waals surface area contributed by atoms with Gasteiger partial charge in [0.2, 0.25) is 0 Å². The van der Waals surface area contributed by atoms with Gasteiger partial charge in [0.15, 0.2) is 0 Å². The number of carbonyl (C=O) groups is 1. The third kappa shape index (κ3) is 4.54. The van der Waals surface area contributed by atoms with Crippen LogP contribution in [-0.2, 0) is 19.5 Å². The van der Waals surface area contributed by atoms with E-state index in [1.807, 2.05) is 60.7 Å². The molecule has 0 aliphatic carbocycles. The molecule has 0 unspecified atom stereocenters. The second kappa shape index (κ2) is 9.47. The van der Waals surface area contributed by atoms with E-state index in [9.17, 15) is 14.7 Å². The highest BCUT2D eigenvalue weighted by Crippen LogP contribution is 2.24. The highest BCUT2D eigenvalue weighted by atomic mass is 16.4. The van der Waals surface area contributed by atoms with E-state index in [0.29, 0.717) is 18.7 Å². The van der Waals surface area contributed by atoms with Crippen LogP contribution in [0.25, 0.3) is 11.1 Å². The summed E-state index contributed by atoms with van der Waals surface area (Å²) in [5.41, 5.74) is 3.63. The molecular formula is C26H25N3O3. The van der Waals surface area contributed by atoms with Crippen molar-refractivity contribution in [3.63, 3.8) is 0 Å². The van der Waals surface area contributed by atoms with Crippen molar-refractivity contribution in [3.05, 3.63) is 112 Å². The molecule has 1 N–H and O–H groups in total. The standard InChI is InChI=1S/C26H25N3O3/c1-2-8-24-27-29(18-19-9-4-3-5-10-19)26(32)28(24)17-20-13-15-21(16-14-20)22-11-6-7-12-23(22)25(30)31/h3-7,9-16H,2,8,17-18H2,1H3,(H,30,31). The molecule has 0 radical (unpaired) electrons. The van der Waals surface area contributed by atoms with Crippen LogP contribution in [0.2, 0.25) is 0 Å². The lowest BCUT2D eigenvalue weighted by molar-refractivity contribution is 0.0697. The number of carboxylic acid groups (broad SMARTS) is 1. The van der Waals surface area contributed by atoms with Gasteiger partial charge in [-0.3, -0.25) is 4.57 Å². The molecule has 3 aromatic carbocycles. The number of aromatic carboxylic acids is 1. The molecule has 32 heavy (non-hydrogen) atoms. The lowest BCUT2D eigenvalue weighted by Gasteiger charge is -2.09. The van der Waals surface area contributed by atoms with Crippen LogP contribution in [0.3, 0.4) is 0 Å². The summed E-state index contributed by atoms with van der Waals surface area (Å²) in [4.78, 5) is 24.6. The van der Waals surface area contributed by atoms with E-state index in [-0.39, 0.29) is 11.3 Å². The molecule has 4 rings (SSSR count). The summed E-state index contributed by atoms with van der Waals surface area (Å²) < 4.78 is 3.25. The molecule has 4 aromatic rings. The zero-order chi connectivity index (χ0) is 22.5. The maximum absolute atomic E-state index is 13.1. The van der Waals surface area contributed by atoms with Crippen molar-refractivity contribution in [1.29, 1.82) is 0 Å². The van der Waals surface area contributed by atoms with Crippen molar-refractivity contribution >= 4 is 5.97 Å². The van der Waals surface area contributed by atoms with Gasteiger partial charge in [0, 0.05) is 6.42 Å². The number of nitrogens with zero attached hydrogens (tertiary/aromatic N) is 3. The maximum Gasteiger partial charge on any atom is 0.346 e. The number of aryl methyl sites for hydroxylation is 1. The predicted molar refractivity (Wildman–Crippen MR) is 124 cm³/mol. The first-order valence-corrected chi connectivity index (χ1v) is 10.7. The number of carboxylic acids is 1. The Morgan fingerprint density at radius 2 is 1.53 bits per heavy atom. The molecule has 0 saturated heterocycles. The number of hydrogen-bond donors (Lipinski definition) is 1. The van der Waals surface area contributed by atoms with E-state index in [1.165, 1.54) is 4.68 Å². The zero-order valence-electron chi connectivity index (χ0n) is 17.9. The first kappa shape index (κ1) is 21.3. The van der Waals surface area contributed by atoms with Crippen molar-refractivity contribution in [1.82, 2.24) is 14.3 Å². The smallest absolute Gasteiger partial charge is 0.346 e. The fourth-order valence-corrected chi connectivity index (χ4v) is 3.81. The molecule has 0 atom stereocenters. The van der Waals surface area contributed by atoms with Gasteiger partial charge in [0.05, 0.1) is 18.7 Å². The molecule has 1 aromatic heterocycles. The summed E-state index contributed by atoms with van der Waals surface area (Å²) in [6.45, 7) is 2.93. The van der Waals surface area contributed by atoms with Crippen LogP contribution < -0.4 is 5.69 Å². The fraction of sp³-hybridized carbons (Fsp3) is 0.192. The summed E-state index contributed by atoms with van der Waals surface area (Å²) in [5.74, 6) is -0.181. The highest BCUT2D eigenvalue weighted by molar-refractivity contribution is 5.95. The highest BCUT2D eigenvalue weighted by Gasteiger charge is 2.14. The van der Waals surface area contributed by atoms with Gasteiger partial charge in [-0.1, -0.05) is 79.7 Å². The lowest BCUT2D eigenvalue weighted by Crippen LogP contribution is -2.26. The van der Waals surface area contributed by atoms with Crippen LogP contribution in [0, 0.1) is 0 Å². The first-order valence-electron chi connectivity index (χ1n) is 10.7. The van der Waals surface area contributed by atoms with Gasteiger partial charge in [-0.2, -0.15) is 5.10 Å². The van der Waals surface area contributed by atoms with Gasteiger partial charge in [-0.25, -0.2) is 14.3 Å². The van der Waals surface area contributed by atoms with Crippen molar-refractivity contribution in [3.8, 4) is 11.1 Å². The third-order valence-electron chi connectivity index (χ3n) is 5.41. The van der Waals surface area contributed by atoms with Crippen LogP contribution in [0.15, 0.2) is 83.7 Å². The van der Waals surface area contributed by atoms with Gasteiger partial charge in [0.25, 0.3) is 0 Å². The molecule has 0 spiro atoms. The summed E-state index contributed by atoms with van der Waals surface area (Å²) in [5, 5.41) is 14.0. The molecule has 0 aliphatic rings. The summed E-state index contributed by atoms with van der Waals surface area (Å²) in [7, 11) is 0. The van der Waals surface area contributed by atoms with Crippen molar-refractivity contribution in [2.24, 2.45) is 0 Å². The summed E-state index contributed by atoms with van der Waals surface area (Å²) in [6, 6.07) is 24.4. The molecular weight excluding hydrogens is 402 g/mol.